The summed E-state index contributed by atoms with van der Waals surface area (Å²) >= 11 is 0. The Hall–Kier alpha value is -2.14. The van der Waals surface area contributed by atoms with Crippen molar-refractivity contribution in [2.45, 2.75) is 13.0 Å². The molecule has 1 fully saturated rings. The molecule has 5 heteroatoms. The maximum Gasteiger partial charge on any atom is 0.307 e. The van der Waals surface area contributed by atoms with Gasteiger partial charge in [0.2, 0.25) is 0 Å². The van der Waals surface area contributed by atoms with Crippen molar-refractivity contribution in [2.24, 2.45) is 5.92 Å². The van der Waals surface area contributed by atoms with Crippen molar-refractivity contribution >= 4 is 5.97 Å². The van der Waals surface area contributed by atoms with Gasteiger partial charge in [-0.25, -0.2) is 4.39 Å². The first-order valence-corrected chi connectivity index (χ1v) is 6.91. The molecule has 0 radical (unpaired) electrons. The Balaban J connectivity index is 1.66. The minimum Gasteiger partial charge on any atom is -0.481 e. The summed E-state index contributed by atoms with van der Waals surface area (Å²) in [5, 5.41) is 8.99. The fourth-order valence-electron chi connectivity index (χ4n) is 2.63. The second-order valence-electron chi connectivity index (χ2n) is 5.33. The van der Waals surface area contributed by atoms with Gasteiger partial charge in [0, 0.05) is 12.1 Å². The second kappa shape index (κ2) is 5.69. The van der Waals surface area contributed by atoms with Crippen LogP contribution < -0.4 is 0 Å². The number of halogens is 1. The Labute approximate surface area is 121 Å². The molecule has 0 bridgehead atoms. The third-order valence-corrected chi connectivity index (χ3v) is 3.79. The molecule has 0 amide bonds. The zero-order chi connectivity index (χ0) is 14.8. The SMILES string of the molecule is O=C(O)C1CCN(Cc2ccc(-c3ccc(F)cc3)o2)C1. The molecule has 1 aromatic carbocycles. The van der Waals surface area contributed by atoms with Crippen LogP contribution in [0.15, 0.2) is 40.8 Å². The Bertz CT molecular complexity index is 635. The highest BCUT2D eigenvalue weighted by atomic mass is 19.1. The summed E-state index contributed by atoms with van der Waals surface area (Å²) < 4.78 is 18.7. The number of carboxylic acids is 1. The highest BCUT2D eigenvalue weighted by molar-refractivity contribution is 5.70. The fourth-order valence-corrected chi connectivity index (χ4v) is 2.63. The van der Waals surface area contributed by atoms with Crippen LogP contribution in [0.5, 0.6) is 0 Å². The molecule has 1 unspecified atom stereocenters. The summed E-state index contributed by atoms with van der Waals surface area (Å²) in [5.74, 6) is 0.196. The number of carboxylic acid groups (broad SMARTS) is 1. The van der Waals surface area contributed by atoms with E-state index in [0.717, 1.165) is 17.9 Å². The summed E-state index contributed by atoms with van der Waals surface area (Å²) in [6.07, 6.45) is 0.681. The van der Waals surface area contributed by atoms with E-state index in [-0.39, 0.29) is 11.7 Å². The second-order valence-corrected chi connectivity index (χ2v) is 5.33. The fraction of sp³-hybridized carbons (Fsp3) is 0.312. The van der Waals surface area contributed by atoms with Crippen molar-refractivity contribution in [3.05, 3.63) is 48.0 Å². The standard InChI is InChI=1S/C16H16FNO3/c17-13-3-1-11(2-4-13)15-6-5-14(21-15)10-18-8-7-12(9-18)16(19)20/h1-6,12H,7-10H2,(H,19,20). The zero-order valence-corrected chi connectivity index (χ0v) is 11.5. The lowest BCUT2D eigenvalue weighted by Crippen LogP contribution is -2.22. The van der Waals surface area contributed by atoms with Gasteiger partial charge in [-0.3, -0.25) is 9.69 Å². The molecule has 1 N–H and O–H groups in total. The number of furan rings is 1. The molecule has 1 atom stereocenters. The van der Waals surface area contributed by atoms with Crippen molar-refractivity contribution in [1.82, 2.24) is 4.90 Å². The van der Waals surface area contributed by atoms with Gasteiger partial charge in [0.1, 0.15) is 17.3 Å². The quantitative estimate of drug-likeness (QED) is 0.940. The molecule has 1 aliphatic rings. The molecule has 2 aromatic rings. The average molecular weight is 289 g/mol. The van der Waals surface area contributed by atoms with Crippen molar-refractivity contribution in [3.8, 4) is 11.3 Å². The Morgan fingerprint density at radius 1 is 1.29 bits per heavy atom. The van der Waals surface area contributed by atoms with Crippen LogP contribution in [0.2, 0.25) is 0 Å². The van der Waals surface area contributed by atoms with Crippen molar-refractivity contribution in [1.29, 1.82) is 0 Å². The minimum absolute atomic E-state index is 0.276. The molecular formula is C16H16FNO3. The van der Waals surface area contributed by atoms with Crippen LogP contribution in [0.25, 0.3) is 11.3 Å². The molecule has 1 aromatic heterocycles. The van der Waals surface area contributed by atoms with Crippen molar-refractivity contribution < 1.29 is 18.7 Å². The van der Waals surface area contributed by atoms with E-state index in [1.54, 1.807) is 12.1 Å². The van der Waals surface area contributed by atoms with E-state index in [1.165, 1.54) is 12.1 Å². The number of hydrogen-bond donors (Lipinski definition) is 1. The van der Waals surface area contributed by atoms with Gasteiger partial charge in [0.25, 0.3) is 0 Å². The van der Waals surface area contributed by atoms with Crippen LogP contribution in [-0.4, -0.2) is 29.1 Å². The summed E-state index contributed by atoms with van der Waals surface area (Å²) in [4.78, 5) is 13.0. The zero-order valence-electron chi connectivity index (χ0n) is 11.5. The van der Waals surface area contributed by atoms with Crippen LogP contribution in [-0.2, 0) is 11.3 Å². The molecule has 1 saturated heterocycles. The molecule has 3 rings (SSSR count). The van der Waals surface area contributed by atoms with Crippen molar-refractivity contribution in [3.63, 3.8) is 0 Å². The van der Waals surface area contributed by atoms with Crippen molar-refractivity contribution in [2.75, 3.05) is 13.1 Å². The predicted octanol–water partition coefficient (Wildman–Crippen LogP) is 2.99. The first-order valence-electron chi connectivity index (χ1n) is 6.91. The minimum atomic E-state index is -0.732. The van der Waals surface area contributed by atoms with Crippen LogP contribution >= 0.6 is 0 Å². The molecule has 0 aliphatic carbocycles. The van der Waals surface area contributed by atoms with E-state index in [1.807, 2.05) is 12.1 Å². The molecule has 0 saturated carbocycles. The Morgan fingerprint density at radius 3 is 2.71 bits per heavy atom. The number of hydrogen-bond acceptors (Lipinski definition) is 3. The van der Waals surface area contributed by atoms with E-state index in [2.05, 4.69) is 4.90 Å². The van der Waals surface area contributed by atoms with E-state index < -0.39 is 5.97 Å². The number of rotatable bonds is 4. The number of likely N-dealkylation sites (tertiary alicyclic amines) is 1. The number of nitrogens with zero attached hydrogens (tertiary/aromatic N) is 1. The predicted molar refractivity (Wildman–Crippen MR) is 75.1 cm³/mol. The van der Waals surface area contributed by atoms with Gasteiger partial charge in [-0.2, -0.15) is 0 Å². The average Bonchev–Trinajstić information content (AvgIpc) is 3.10. The third-order valence-electron chi connectivity index (χ3n) is 3.79. The summed E-state index contributed by atoms with van der Waals surface area (Å²) in [5.41, 5.74) is 0.826. The Morgan fingerprint density at radius 2 is 2.05 bits per heavy atom. The van der Waals surface area contributed by atoms with Gasteiger partial charge in [0.15, 0.2) is 0 Å². The first-order chi connectivity index (χ1) is 10.1. The van der Waals surface area contributed by atoms with E-state index in [0.29, 0.717) is 25.3 Å². The van der Waals surface area contributed by atoms with Crippen LogP contribution in [0, 0.1) is 11.7 Å². The van der Waals surface area contributed by atoms with E-state index in [4.69, 9.17) is 9.52 Å². The maximum absolute atomic E-state index is 12.9. The number of aliphatic carboxylic acids is 1. The molecular weight excluding hydrogens is 273 g/mol. The van der Waals surface area contributed by atoms with Crippen LogP contribution in [0.4, 0.5) is 4.39 Å². The maximum atomic E-state index is 12.9. The largest absolute Gasteiger partial charge is 0.481 e. The van der Waals surface area contributed by atoms with Gasteiger partial charge in [-0.1, -0.05) is 0 Å². The van der Waals surface area contributed by atoms with E-state index >= 15 is 0 Å². The van der Waals surface area contributed by atoms with Crippen LogP contribution in [0.3, 0.4) is 0 Å². The molecule has 4 nitrogen and oxygen atoms in total. The van der Waals surface area contributed by atoms with Gasteiger partial charge in [0.05, 0.1) is 12.5 Å². The summed E-state index contributed by atoms with van der Waals surface area (Å²) in [7, 11) is 0. The van der Waals surface area contributed by atoms with Gasteiger partial charge >= 0.3 is 5.97 Å². The summed E-state index contributed by atoms with van der Waals surface area (Å²) in [6, 6.07) is 9.88. The normalized spacial score (nSPS) is 19.0. The number of benzene rings is 1. The lowest BCUT2D eigenvalue weighted by Gasteiger charge is -2.12. The lowest BCUT2D eigenvalue weighted by atomic mass is 10.1. The van der Waals surface area contributed by atoms with E-state index in [9.17, 15) is 9.18 Å². The molecule has 2 heterocycles. The smallest absolute Gasteiger partial charge is 0.307 e. The van der Waals surface area contributed by atoms with Gasteiger partial charge < -0.3 is 9.52 Å². The van der Waals surface area contributed by atoms with Gasteiger partial charge in [-0.15, -0.1) is 0 Å². The number of carbonyl (C=O) groups is 1. The highest BCUT2D eigenvalue weighted by Gasteiger charge is 2.28. The van der Waals surface area contributed by atoms with Gasteiger partial charge in [-0.05, 0) is 49.4 Å². The topological polar surface area (TPSA) is 53.7 Å². The Kier molecular flexibility index (Phi) is 3.75. The molecule has 21 heavy (non-hydrogen) atoms. The monoisotopic (exact) mass is 289 g/mol. The lowest BCUT2D eigenvalue weighted by molar-refractivity contribution is -0.141. The first kappa shape index (κ1) is 13.8. The molecule has 110 valence electrons. The third kappa shape index (κ3) is 3.13. The summed E-state index contributed by atoms with van der Waals surface area (Å²) in [6.45, 7) is 1.93. The van der Waals surface area contributed by atoms with Crippen LogP contribution in [0.1, 0.15) is 12.2 Å². The highest BCUT2D eigenvalue weighted by Crippen LogP contribution is 2.25. The molecule has 1 aliphatic heterocycles. The molecule has 0 spiro atoms.